The number of carbonyl (C=O) groups excluding carboxylic acids is 2. The first kappa shape index (κ1) is 51.1. The molecule has 6 heterocycles. The Hall–Kier alpha value is -6.78. The number of hydrogen-bond acceptors (Lipinski definition) is 17. The van der Waals surface area contributed by atoms with Gasteiger partial charge in [-0.2, -0.15) is 8.61 Å². The van der Waals surface area contributed by atoms with E-state index in [0.29, 0.717) is 34.0 Å². The number of fused-ring (bicyclic) bond motifs is 2. The lowest BCUT2D eigenvalue weighted by atomic mass is 10.1. The lowest BCUT2D eigenvalue weighted by Gasteiger charge is -2.18. The average Bonchev–Trinajstić information content (AvgIpc) is 4.13. The highest BCUT2D eigenvalue weighted by atomic mass is 32.2. The normalized spacial score (nSPS) is 15.7. The summed E-state index contributed by atoms with van der Waals surface area (Å²) in [6, 6.07) is 13.8. The Kier molecular flexibility index (Phi) is 15.7. The van der Waals surface area contributed by atoms with E-state index in [0.717, 1.165) is 12.1 Å². The molecule has 0 bridgehead atoms. The zero-order valence-corrected chi connectivity index (χ0v) is 41.0. The minimum Gasteiger partial charge on any atom is -0.394 e. The number of nitrogens with zero attached hydrogens (tertiary/aromatic N) is 13. The van der Waals surface area contributed by atoms with Crippen LogP contribution in [-0.4, -0.2) is 144 Å². The molecule has 0 spiro atoms. The number of pyridine rings is 2. The van der Waals surface area contributed by atoms with E-state index in [2.05, 4.69) is 51.7 Å². The summed E-state index contributed by atoms with van der Waals surface area (Å²) in [7, 11) is -4.92. The van der Waals surface area contributed by atoms with Gasteiger partial charge in [0.1, 0.15) is 28.8 Å². The van der Waals surface area contributed by atoms with E-state index in [-0.39, 0.29) is 77.2 Å². The predicted octanol–water partition coefficient (Wildman–Crippen LogP) is 3.70. The van der Waals surface area contributed by atoms with Crippen LogP contribution in [0.25, 0.3) is 23.0 Å². The predicted molar refractivity (Wildman–Crippen MR) is 252 cm³/mol. The second-order valence-corrected chi connectivity index (χ2v) is 20.5. The maximum absolute atomic E-state index is 14.7. The van der Waals surface area contributed by atoms with E-state index in [4.69, 9.17) is 1.37 Å². The van der Waals surface area contributed by atoms with Gasteiger partial charge in [-0.15, -0.1) is 10.2 Å². The number of tetrazole rings is 2. The Morgan fingerprint density at radius 3 is 1.54 bits per heavy atom. The molecular formula is C43H53F2N15O8S2. The zero-order chi connectivity index (χ0) is 52.1. The largest absolute Gasteiger partial charge is 0.394 e. The van der Waals surface area contributed by atoms with Crippen molar-refractivity contribution in [1.82, 2.24) is 59.0 Å². The third-order valence-electron chi connectivity index (χ3n) is 11.1. The lowest BCUT2D eigenvalue weighted by Crippen LogP contribution is -2.31. The minimum atomic E-state index is -3.82. The number of aliphatic hydroxyl groups excluding tert-OH is 2. The van der Waals surface area contributed by atoms with Gasteiger partial charge in [-0.1, -0.05) is 12.1 Å². The highest BCUT2D eigenvalue weighted by Crippen LogP contribution is 2.37. The van der Waals surface area contributed by atoms with E-state index < -0.39 is 56.4 Å². The summed E-state index contributed by atoms with van der Waals surface area (Å²) in [6.07, 6.45) is 0. The third kappa shape index (κ3) is 10.5. The Morgan fingerprint density at radius 2 is 1.13 bits per heavy atom. The van der Waals surface area contributed by atoms with Crippen molar-refractivity contribution in [3.05, 3.63) is 88.7 Å². The molecule has 0 saturated heterocycles. The molecule has 374 valence electrons. The molecule has 2 aromatic carbocycles. The summed E-state index contributed by atoms with van der Waals surface area (Å²) in [4.78, 5) is 36.7. The lowest BCUT2D eigenvalue weighted by molar-refractivity contribution is 0.101. The fourth-order valence-corrected chi connectivity index (χ4v) is 11.1. The number of aromatic nitrogens is 10. The number of anilines is 3. The van der Waals surface area contributed by atoms with Crippen LogP contribution in [0, 0.1) is 5.82 Å². The van der Waals surface area contributed by atoms with Gasteiger partial charge in [-0.3, -0.25) is 14.0 Å². The molecule has 2 aliphatic rings. The van der Waals surface area contributed by atoms with Crippen LogP contribution in [0.5, 0.6) is 0 Å². The molecule has 27 heteroatoms. The van der Waals surface area contributed by atoms with Gasteiger partial charge in [0.25, 0.3) is 11.8 Å². The quantitative estimate of drug-likeness (QED) is 0.128. The standard InChI is InChI=1S/C22H28N8O4S.C20H22FN7O4S.CH3F/c1-13(2)29-11-15-9-18(28(4)5)16(10-19(15)35(29,33)34)22(32)24-20-8-6-7-17(23-20)21-25-26-27-30(21)14(3)12-31;1-11(2)27-9-13-7-15(21)14(8-17(13)33(27,31)32)20(30)23-18-6-4-5-16(22-18)19-24-25-26-28(19)12(3)10-29;1-2/h6-10,13-14,31H,11-12H2,1-5H3,(H,23,24,32);4-8,11-12,29H,9-10H2,1-3H3,(H,22,23,30);1H3/t14-;12-;/m11./s1/i;;1D. The SMILES string of the molecule is CC(C)N1Cc2cc(F)c(C(=O)Nc3cccc(-c4nnnn4[C@H](C)CO)n3)cc2S1(=O)=O.CC(C)N1Cc2cc(N(C)C)c(C(=O)Nc3cccc(-c4nnnn4[C@H](C)CO)n3)cc2S1(=O)=O.[2H]CF. The van der Waals surface area contributed by atoms with Crippen LogP contribution in [0.3, 0.4) is 0 Å². The van der Waals surface area contributed by atoms with Crippen molar-refractivity contribution in [2.45, 2.75) is 88.6 Å². The van der Waals surface area contributed by atoms with Crippen molar-refractivity contribution in [2.75, 3.05) is 50.0 Å². The molecule has 4 aromatic heterocycles. The Labute approximate surface area is 404 Å². The molecule has 4 N–H and O–H groups in total. The van der Waals surface area contributed by atoms with Gasteiger partial charge in [0.05, 0.1) is 54.7 Å². The van der Waals surface area contributed by atoms with Crippen molar-refractivity contribution in [3.63, 3.8) is 0 Å². The molecule has 70 heavy (non-hydrogen) atoms. The second-order valence-electron chi connectivity index (χ2n) is 16.8. The fourth-order valence-electron chi connectivity index (χ4n) is 7.44. The average molecular weight is 1010 g/mol. The number of aliphatic hydroxyl groups is 2. The number of benzene rings is 2. The Morgan fingerprint density at radius 1 is 0.714 bits per heavy atom. The number of amides is 2. The molecule has 0 unspecified atom stereocenters. The summed E-state index contributed by atoms with van der Waals surface area (Å²) in [5, 5.41) is 47.0. The van der Waals surface area contributed by atoms with E-state index in [1.165, 1.54) is 30.1 Å². The first-order valence-corrected chi connectivity index (χ1v) is 24.4. The molecule has 0 saturated carbocycles. The monoisotopic (exact) mass is 1010 g/mol. The zero-order valence-electron chi connectivity index (χ0n) is 40.3. The van der Waals surface area contributed by atoms with Crippen molar-refractivity contribution in [2.24, 2.45) is 0 Å². The molecular weight excluding hydrogens is 957 g/mol. The smallest absolute Gasteiger partial charge is 0.259 e. The van der Waals surface area contributed by atoms with Gasteiger partial charge in [0, 0.05) is 45.0 Å². The van der Waals surface area contributed by atoms with Crippen LogP contribution in [0.4, 0.5) is 26.1 Å². The number of rotatable bonds is 13. The highest BCUT2D eigenvalue weighted by Gasteiger charge is 2.39. The number of halogens is 2. The van der Waals surface area contributed by atoms with E-state index in [1.54, 1.807) is 83.1 Å². The number of nitrogens with one attached hydrogen (secondary N) is 2. The molecule has 2 atom stereocenters. The van der Waals surface area contributed by atoms with Crippen molar-refractivity contribution in [1.29, 1.82) is 0 Å². The molecule has 6 aromatic rings. The molecule has 2 aliphatic heterocycles. The second kappa shape index (κ2) is 21.5. The summed E-state index contributed by atoms with van der Waals surface area (Å²) >= 11 is 0. The number of carbonyl (C=O) groups is 2. The maximum Gasteiger partial charge on any atom is 0.259 e. The van der Waals surface area contributed by atoms with Crippen LogP contribution in [0.15, 0.2) is 70.5 Å². The summed E-state index contributed by atoms with van der Waals surface area (Å²) in [6.45, 7) is 10.5. The van der Waals surface area contributed by atoms with Crippen molar-refractivity contribution in [3.8, 4) is 23.0 Å². The van der Waals surface area contributed by atoms with Gasteiger partial charge in [0.15, 0.2) is 0 Å². The number of sulfonamides is 2. The molecule has 0 aliphatic carbocycles. The molecule has 23 nitrogen and oxygen atoms in total. The molecule has 0 fully saturated rings. The Balaban J connectivity index is 0.000000221. The highest BCUT2D eigenvalue weighted by molar-refractivity contribution is 7.89. The van der Waals surface area contributed by atoms with Gasteiger partial charge in [-0.25, -0.2) is 40.6 Å². The summed E-state index contributed by atoms with van der Waals surface area (Å²) in [5.41, 5.74) is 2.10. The summed E-state index contributed by atoms with van der Waals surface area (Å²) < 4.78 is 87.4. The van der Waals surface area contributed by atoms with Crippen molar-refractivity contribution >= 4 is 49.2 Å². The van der Waals surface area contributed by atoms with Crippen LogP contribution < -0.4 is 15.5 Å². The number of alkyl halides is 1. The van der Waals surface area contributed by atoms with Crippen molar-refractivity contribution < 1.29 is 46.8 Å². The Bertz CT molecular complexity index is 3140. The van der Waals surface area contributed by atoms with Gasteiger partial charge in [0.2, 0.25) is 31.7 Å². The fraction of sp³-hybridized carbons (Fsp3) is 0.395. The van der Waals surface area contributed by atoms with Crippen LogP contribution in [0.1, 0.15) is 86.8 Å². The van der Waals surface area contributed by atoms with E-state index >= 15 is 0 Å². The minimum absolute atomic E-state index is 0.0543. The van der Waals surface area contributed by atoms with E-state index in [1.807, 2.05) is 13.8 Å². The van der Waals surface area contributed by atoms with Crippen LogP contribution in [0.2, 0.25) is 0 Å². The summed E-state index contributed by atoms with van der Waals surface area (Å²) in [5.74, 6) is -1.22. The van der Waals surface area contributed by atoms with Gasteiger partial charge in [-0.05, 0) is 122 Å². The molecule has 2 amide bonds. The van der Waals surface area contributed by atoms with Gasteiger partial charge < -0.3 is 25.7 Å². The molecule has 8 rings (SSSR count). The first-order valence-electron chi connectivity index (χ1n) is 22.2. The van der Waals surface area contributed by atoms with E-state index in [9.17, 15) is 45.4 Å². The first-order chi connectivity index (χ1) is 33.6. The third-order valence-corrected chi connectivity index (χ3v) is 15.3. The van der Waals surface area contributed by atoms with Crippen LogP contribution >= 0.6 is 0 Å². The topological polar surface area (TPSA) is 290 Å². The van der Waals surface area contributed by atoms with Gasteiger partial charge >= 0.3 is 0 Å². The molecule has 0 radical (unpaired) electrons. The maximum atomic E-state index is 14.7. The number of hydrogen-bond donors (Lipinski definition) is 4. The van der Waals surface area contributed by atoms with Crippen LogP contribution in [-0.2, 0) is 33.1 Å².